The van der Waals surface area contributed by atoms with E-state index in [1.165, 1.54) is 12.1 Å². The molecule has 0 aliphatic heterocycles. The predicted octanol–water partition coefficient (Wildman–Crippen LogP) is 1.74. The van der Waals surface area contributed by atoms with Crippen molar-refractivity contribution in [1.29, 1.82) is 0 Å². The fraction of sp³-hybridized carbons (Fsp3) is 0.385. The highest BCUT2D eigenvalue weighted by molar-refractivity contribution is 7.85. The molecule has 0 amide bonds. The summed E-state index contributed by atoms with van der Waals surface area (Å²) in [5.41, 5.74) is 0.585. The summed E-state index contributed by atoms with van der Waals surface area (Å²) in [6.07, 6.45) is -6.86. The van der Waals surface area contributed by atoms with Crippen molar-refractivity contribution in [3.63, 3.8) is 0 Å². The van der Waals surface area contributed by atoms with Crippen LogP contribution in [0.2, 0.25) is 0 Å². The number of halogens is 3. The molecule has 0 saturated heterocycles. The first-order chi connectivity index (χ1) is 11.0. The Balaban J connectivity index is 3.26. The molecule has 128 valence electrons. The van der Waals surface area contributed by atoms with Crippen LogP contribution in [0.25, 0.3) is 0 Å². The van der Waals surface area contributed by atoms with E-state index >= 15 is 0 Å². The smallest absolute Gasteiger partial charge is 0.426 e. The zero-order valence-corrected chi connectivity index (χ0v) is 13.2. The van der Waals surface area contributed by atoms with Gasteiger partial charge < -0.3 is 9.47 Å². The van der Waals surface area contributed by atoms with Crippen LogP contribution in [0.1, 0.15) is 11.1 Å². The van der Waals surface area contributed by atoms with Gasteiger partial charge in [-0.2, -0.15) is 21.6 Å². The molecule has 0 spiro atoms. The molecule has 0 heterocycles. The number of alkyl halides is 3. The molecule has 1 unspecified atom stereocenters. The topological polar surface area (TPSA) is 72.8 Å². The van der Waals surface area contributed by atoms with Gasteiger partial charge in [0.15, 0.2) is 0 Å². The van der Waals surface area contributed by atoms with Gasteiger partial charge in [0.1, 0.15) is 17.3 Å². The molecule has 0 bridgehead atoms. The van der Waals surface area contributed by atoms with Crippen molar-refractivity contribution in [1.82, 2.24) is 0 Å². The van der Waals surface area contributed by atoms with Gasteiger partial charge in [0.05, 0.1) is 22.0 Å². The summed E-state index contributed by atoms with van der Waals surface area (Å²) in [4.78, 5) is 0. The number of hydrogen-bond donors (Lipinski definition) is 1. The first-order valence-electron chi connectivity index (χ1n) is 6.53. The van der Waals surface area contributed by atoms with Gasteiger partial charge in [-0.1, -0.05) is 19.2 Å². The van der Waals surface area contributed by atoms with Crippen LogP contribution in [0.4, 0.5) is 13.2 Å². The van der Waals surface area contributed by atoms with Crippen molar-refractivity contribution in [3.05, 3.63) is 36.1 Å². The average Bonchev–Trinajstić information content (AvgIpc) is 2.45. The Kier molecular flexibility index (Phi) is 6.79. The van der Waals surface area contributed by atoms with Gasteiger partial charge in [0.25, 0.3) is 10.1 Å². The lowest BCUT2D eigenvalue weighted by atomic mass is 9.89. The van der Waals surface area contributed by atoms with Crippen LogP contribution in [-0.2, 0) is 22.8 Å². The Hall–Kier alpha value is -1.61. The molecule has 1 rings (SSSR count). The molecule has 4 radical (unpaired) electrons. The van der Waals surface area contributed by atoms with Gasteiger partial charge in [-0.15, -0.1) is 0 Å². The molecule has 0 aliphatic carbocycles. The average molecular weight is 360 g/mol. The minimum atomic E-state index is -5.02. The Morgan fingerprint density at radius 2 is 1.75 bits per heavy atom. The van der Waals surface area contributed by atoms with E-state index < -0.39 is 28.2 Å². The van der Waals surface area contributed by atoms with E-state index in [9.17, 15) is 21.6 Å². The minimum absolute atomic E-state index is 0.0949. The third-order valence-electron chi connectivity index (χ3n) is 2.86. The summed E-state index contributed by atoms with van der Waals surface area (Å²) in [6, 6.07) is 2.33. The standard InChI is InChI=1S/C13H13B2F3O5S/c1-2-22-12-8(5-14)3-10(4-9(12)6-15)23-11(13(16,17)18)7-24(19,20)21/h2-4,11H,1,5-7H2,(H,19,20,21). The molecule has 11 heteroatoms. The maximum Gasteiger partial charge on any atom is 0.426 e. The van der Waals surface area contributed by atoms with Crippen molar-refractivity contribution in [2.24, 2.45) is 0 Å². The minimum Gasteiger partial charge on any atom is -0.480 e. The van der Waals surface area contributed by atoms with E-state index in [1.54, 1.807) is 0 Å². The second-order valence-corrected chi connectivity index (χ2v) is 6.16. The molecule has 24 heavy (non-hydrogen) atoms. The van der Waals surface area contributed by atoms with Gasteiger partial charge in [-0.3, -0.25) is 4.55 Å². The highest BCUT2D eigenvalue weighted by Gasteiger charge is 2.44. The van der Waals surface area contributed by atoms with Crippen LogP contribution in [0.15, 0.2) is 25.0 Å². The number of benzene rings is 1. The molecule has 1 N–H and O–H groups in total. The monoisotopic (exact) mass is 360 g/mol. The molecule has 0 aromatic heterocycles. The lowest BCUT2D eigenvalue weighted by Gasteiger charge is -2.22. The van der Waals surface area contributed by atoms with E-state index in [0.29, 0.717) is 11.1 Å². The zero-order chi connectivity index (χ0) is 18.5. The van der Waals surface area contributed by atoms with E-state index in [1.807, 2.05) is 0 Å². The molecule has 1 atom stereocenters. The molecule has 1 aromatic carbocycles. The van der Waals surface area contributed by atoms with Gasteiger partial charge in [0.2, 0.25) is 6.10 Å². The fourth-order valence-electron chi connectivity index (χ4n) is 1.88. The van der Waals surface area contributed by atoms with Crippen molar-refractivity contribution < 1.29 is 35.6 Å². The van der Waals surface area contributed by atoms with Crippen LogP contribution in [0, 0.1) is 0 Å². The third-order valence-corrected chi connectivity index (χ3v) is 3.59. The van der Waals surface area contributed by atoms with Crippen molar-refractivity contribution >= 4 is 25.8 Å². The second kappa shape index (κ2) is 7.98. The summed E-state index contributed by atoms with van der Waals surface area (Å²) in [5.74, 6) is -1.71. The summed E-state index contributed by atoms with van der Waals surface area (Å²) in [6.45, 7) is 3.37. The molecule has 1 aromatic rings. The van der Waals surface area contributed by atoms with E-state index in [4.69, 9.17) is 29.7 Å². The first-order valence-corrected chi connectivity index (χ1v) is 8.14. The van der Waals surface area contributed by atoms with Gasteiger partial charge >= 0.3 is 6.18 Å². The van der Waals surface area contributed by atoms with E-state index in [2.05, 4.69) is 6.58 Å². The van der Waals surface area contributed by atoms with Crippen molar-refractivity contribution in [2.75, 3.05) is 5.75 Å². The molecular formula is C13H13B2F3O5S. The normalized spacial score (nSPS) is 13.3. The highest BCUT2D eigenvalue weighted by Crippen LogP contribution is 2.33. The quantitative estimate of drug-likeness (QED) is 0.435. The molecule has 5 nitrogen and oxygen atoms in total. The van der Waals surface area contributed by atoms with Crippen LogP contribution < -0.4 is 9.47 Å². The van der Waals surface area contributed by atoms with E-state index in [-0.39, 0.29) is 24.1 Å². The Morgan fingerprint density at radius 3 is 2.08 bits per heavy atom. The largest absolute Gasteiger partial charge is 0.480 e. The van der Waals surface area contributed by atoms with Gasteiger partial charge in [-0.05, 0) is 23.3 Å². The van der Waals surface area contributed by atoms with Crippen molar-refractivity contribution in [3.8, 4) is 11.5 Å². The summed E-state index contributed by atoms with van der Waals surface area (Å²) < 4.78 is 78.8. The number of rotatable bonds is 8. The first kappa shape index (κ1) is 20.4. The van der Waals surface area contributed by atoms with Crippen LogP contribution >= 0.6 is 0 Å². The molecule has 0 saturated carbocycles. The SMILES string of the molecule is [B]Cc1cc(OC(CS(=O)(=O)O)C(F)(F)F)cc(C[B])c1OC=C. The highest BCUT2D eigenvalue weighted by atomic mass is 32.2. The molecule has 0 fully saturated rings. The van der Waals surface area contributed by atoms with Gasteiger partial charge in [0, 0.05) is 0 Å². The fourth-order valence-corrected chi connectivity index (χ4v) is 2.52. The maximum absolute atomic E-state index is 12.9. The Labute approximate surface area is 140 Å². The summed E-state index contributed by atoms with van der Waals surface area (Å²) in [7, 11) is 6.14. The number of hydrogen-bond acceptors (Lipinski definition) is 4. The van der Waals surface area contributed by atoms with Crippen molar-refractivity contribution in [2.45, 2.75) is 24.9 Å². The lowest BCUT2D eigenvalue weighted by Crippen LogP contribution is -2.40. The predicted molar refractivity (Wildman–Crippen MR) is 83.1 cm³/mol. The third kappa shape index (κ3) is 5.79. The molecular weight excluding hydrogens is 347 g/mol. The Morgan fingerprint density at radius 1 is 1.25 bits per heavy atom. The summed E-state index contributed by atoms with van der Waals surface area (Å²) in [5, 5.41) is 0. The maximum atomic E-state index is 12.9. The lowest BCUT2D eigenvalue weighted by molar-refractivity contribution is -0.188. The second-order valence-electron chi connectivity index (χ2n) is 4.66. The Bertz CT molecular complexity index is 666. The van der Waals surface area contributed by atoms with Crippen LogP contribution in [-0.4, -0.2) is 46.7 Å². The van der Waals surface area contributed by atoms with Crippen LogP contribution in [0.3, 0.4) is 0 Å². The van der Waals surface area contributed by atoms with E-state index in [0.717, 1.165) is 6.26 Å². The van der Waals surface area contributed by atoms with Crippen LogP contribution in [0.5, 0.6) is 11.5 Å². The molecule has 0 aliphatic rings. The number of ether oxygens (including phenoxy) is 2. The zero-order valence-electron chi connectivity index (χ0n) is 12.4. The summed E-state index contributed by atoms with van der Waals surface area (Å²) >= 11 is 0. The van der Waals surface area contributed by atoms with Gasteiger partial charge in [-0.25, -0.2) is 0 Å².